The van der Waals surface area contributed by atoms with Crippen LogP contribution in [-0.2, 0) is 24.9 Å². The van der Waals surface area contributed by atoms with Crippen molar-refractivity contribution in [1.29, 1.82) is 5.26 Å². The summed E-state index contributed by atoms with van der Waals surface area (Å²) in [5.74, 6) is 0.527. The van der Waals surface area contributed by atoms with E-state index < -0.39 is 0 Å². The Morgan fingerprint density at radius 2 is 2.03 bits per heavy atom. The number of furan rings is 1. The van der Waals surface area contributed by atoms with Crippen molar-refractivity contribution in [2.24, 2.45) is 7.05 Å². The van der Waals surface area contributed by atoms with Gasteiger partial charge >= 0.3 is 6.03 Å². The maximum absolute atomic E-state index is 13.3. The molecule has 0 radical (unpaired) electrons. The zero-order valence-electron chi connectivity index (χ0n) is 17.9. The molecule has 2 aromatic heterocycles. The third kappa shape index (κ3) is 5.19. The first-order valence-corrected chi connectivity index (χ1v) is 10.5. The van der Waals surface area contributed by atoms with Gasteiger partial charge in [0, 0.05) is 30.7 Å². The third-order valence-electron chi connectivity index (χ3n) is 5.48. The van der Waals surface area contributed by atoms with E-state index in [0.717, 1.165) is 18.5 Å². The SMILES string of the molecule is Cn1cccc1CN(Cc1ccco1)C(=O)CN(C(=O)Nc1cccc(C#N)c1)C1CC1. The van der Waals surface area contributed by atoms with Gasteiger partial charge in [-0.15, -0.1) is 0 Å². The fourth-order valence-electron chi connectivity index (χ4n) is 3.54. The smallest absolute Gasteiger partial charge is 0.322 e. The zero-order chi connectivity index (χ0) is 22.5. The first kappa shape index (κ1) is 21.2. The molecular formula is C24H25N5O3. The molecule has 3 amide bonds. The number of nitrogens with one attached hydrogen (secondary N) is 1. The Morgan fingerprint density at radius 3 is 2.69 bits per heavy atom. The molecule has 1 aliphatic carbocycles. The highest BCUT2D eigenvalue weighted by Crippen LogP contribution is 2.28. The van der Waals surface area contributed by atoms with Crippen molar-refractivity contribution < 1.29 is 14.0 Å². The predicted molar refractivity (Wildman–Crippen MR) is 118 cm³/mol. The summed E-state index contributed by atoms with van der Waals surface area (Å²) in [4.78, 5) is 29.6. The number of aromatic nitrogens is 1. The Kier molecular flexibility index (Phi) is 6.26. The molecule has 4 rings (SSSR count). The molecule has 1 fully saturated rings. The summed E-state index contributed by atoms with van der Waals surface area (Å²) < 4.78 is 7.42. The number of urea groups is 1. The standard InChI is InChI=1S/C24H25N5O3/c1-27-11-3-7-21(27)15-28(16-22-8-4-12-32-22)23(30)17-29(20-9-10-20)24(31)26-19-6-2-5-18(13-19)14-25/h2-8,11-13,20H,9-10,15-17H2,1H3,(H,26,31). The average molecular weight is 431 g/mol. The van der Waals surface area contributed by atoms with Gasteiger partial charge < -0.3 is 24.1 Å². The Balaban J connectivity index is 1.48. The number of carbonyl (C=O) groups is 2. The number of hydrogen-bond donors (Lipinski definition) is 1. The summed E-state index contributed by atoms with van der Waals surface area (Å²) in [6, 6.07) is 16.0. The van der Waals surface area contributed by atoms with Crippen LogP contribution in [0.2, 0.25) is 0 Å². The number of rotatable bonds is 8. The average Bonchev–Trinajstić information content (AvgIpc) is 3.35. The fraction of sp³-hybridized carbons (Fsp3) is 0.292. The van der Waals surface area contributed by atoms with Crippen molar-refractivity contribution in [2.45, 2.75) is 32.0 Å². The van der Waals surface area contributed by atoms with Crippen LogP contribution in [0.5, 0.6) is 0 Å². The van der Waals surface area contributed by atoms with Crippen LogP contribution < -0.4 is 5.32 Å². The number of anilines is 1. The normalized spacial score (nSPS) is 12.8. The van der Waals surface area contributed by atoms with Gasteiger partial charge in [-0.25, -0.2) is 4.79 Å². The van der Waals surface area contributed by atoms with Gasteiger partial charge in [-0.3, -0.25) is 4.79 Å². The molecular weight excluding hydrogens is 406 g/mol. The lowest BCUT2D eigenvalue weighted by Crippen LogP contribution is -2.45. The first-order valence-electron chi connectivity index (χ1n) is 10.5. The van der Waals surface area contributed by atoms with Gasteiger partial charge in [0.2, 0.25) is 5.91 Å². The minimum atomic E-state index is -0.340. The molecule has 1 saturated carbocycles. The largest absolute Gasteiger partial charge is 0.467 e. The van der Waals surface area contributed by atoms with E-state index in [0.29, 0.717) is 30.1 Å². The number of benzene rings is 1. The number of aryl methyl sites for hydroxylation is 1. The number of nitrogens with zero attached hydrogens (tertiary/aromatic N) is 4. The summed E-state index contributed by atoms with van der Waals surface area (Å²) in [5, 5.41) is 11.9. The maximum atomic E-state index is 13.3. The topological polar surface area (TPSA) is 94.5 Å². The van der Waals surface area contributed by atoms with Crippen molar-refractivity contribution in [3.05, 3.63) is 78.0 Å². The Bertz CT molecular complexity index is 1120. The minimum absolute atomic E-state index is 0.0282. The van der Waals surface area contributed by atoms with Crippen molar-refractivity contribution >= 4 is 17.6 Å². The second kappa shape index (κ2) is 9.43. The fourth-order valence-corrected chi connectivity index (χ4v) is 3.54. The molecule has 0 bridgehead atoms. The highest BCUT2D eigenvalue weighted by atomic mass is 16.3. The van der Waals surface area contributed by atoms with Crippen LogP contribution in [0.25, 0.3) is 0 Å². The molecule has 3 aromatic rings. The van der Waals surface area contributed by atoms with Gasteiger partial charge in [0.15, 0.2) is 0 Å². The van der Waals surface area contributed by atoms with Crippen molar-refractivity contribution in [2.75, 3.05) is 11.9 Å². The Morgan fingerprint density at radius 1 is 1.19 bits per heavy atom. The molecule has 0 aliphatic heterocycles. The Hall–Kier alpha value is -3.99. The highest BCUT2D eigenvalue weighted by Gasteiger charge is 2.35. The summed E-state index contributed by atoms with van der Waals surface area (Å²) >= 11 is 0. The predicted octanol–water partition coefficient (Wildman–Crippen LogP) is 3.72. The molecule has 164 valence electrons. The lowest BCUT2D eigenvalue weighted by atomic mass is 10.2. The summed E-state index contributed by atoms with van der Waals surface area (Å²) in [7, 11) is 1.93. The molecule has 8 nitrogen and oxygen atoms in total. The van der Waals surface area contributed by atoms with E-state index in [1.807, 2.05) is 36.0 Å². The van der Waals surface area contributed by atoms with Gasteiger partial charge in [-0.2, -0.15) is 5.26 Å². The molecule has 0 saturated heterocycles. The second-order valence-corrected chi connectivity index (χ2v) is 7.92. The van der Waals surface area contributed by atoms with Crippen molar-refractivity contribution in [3.8, 4) is 6.07 Å². The molecule has 0 unspecified atom stereocenters. The maximum Gasteiger partial charge on any atom is 0.322 e. The van der Waals surface area contributed by atoms with Crippen LogP contribution in [-0.4, -0.2) is 38.9 Å². The second-order valence-electron chi connectivity index (χ2n) is 7.92. The van der Waals surface area contributed by atoms with E-state index in [4.69, 9.17) is 9.68 Å². The number of carbonyl (C=O) groups excluding carboxylic acids is 2. The van der Waals surface area contributed by atoms with E-state index in [2.05, 4.69) is 11.4 Å². The highest BCUT2D eigenvalue weighted by molar-refractivity contribution is 5.93. The summed E-state index contributed by atoms with van der Waals surface area (Å²) in [6.07, 6.45) is 5.26. The molecule has 0 spiro atoms. The van der Waals surface area contributed by atoms with Crippen LogP contribution in [0.15, 0.2) is 65.4 Å². The van der Waals surface area contributed by atoms with Gasteiger partial charge in [0.25, 0.3) is 0 Å². The lowest BCUT2D eigenvalue weighted by Gasteiger charge is -2.27. The third-order valence-corrected chi connectivity index (χ3v) is 5.48. The van der Waals surface area contributed by atoms with Crippen LogP contribution in [0, 0.1) is 11.3 Å². The Labute approximate surface area is 186 Å². The van der Waals surface area contributed by atoms with E-state index in [1.165, 1.54) is 0 Å². The van der Waals surface area contributed by atoms with Crippen LogP contribution >= 0.6 is 0 Å². The number of nitriles is 1. The minimum Gasteiger partial charge on any atom is -0.467 e. The van der Waals surface area contributed by atoms with E-state index in [-0.39, 0.29) is 24.5 Å². The van der Waals surface area contributed by atoms with Crippen LogP contribution in [0.1, 0.15) is 29.9 Å². The van der Waals surface area contributed by atoms with Crippen molar-refractivity contribution in [1.82, 2.24) is 14.4 Å². The van der Waals surface area contributed by atoms with Gasteiger partial charge in [-0.1, -0.05) is 6.07 Å². The molecule has 2 heterocycles. The van der Waals surface area contributed by atoms with E-state index in [9.17, 15) is 9.59 Å². The van der Waals surface area contributed by atoms with Crippen LogP contribution in [0.3, 0.4) is 0 Å². The first-order chi connectivity index (χ1) is 15.5. The number of amides is 3. The van der Waals surface area contributed by atoms with Crippen molar-refractivity contribution in [3.63, 3.8) is 0 Å². The molecule has 1 aromatic carbocycles. The zero-order valence-corrected chi connectivity index (χ0v) is 17.9. The lowest BCUT2D eigenvalue weighted by molar-refractivity contribution is -0.133. The van der Waals surface area contributed by atoms with E-state index in [1.54, 1.807) is 46.4 Å². The molecule has 8 heteroatoms. The number of hydrogen-bond acceptors (Lipinski definition) is 4. The molecule has 0 atom stereocenters. The molecule has 1 aliphatic rings. The van der Waals surface area contributed by atoms with E-state index >= 15 is 0 Å². The molecule has 1 N–H and O–H groups in total. The summed E-state index contributed by atoms with van der Waals surface area (Å²) in [5.41, 5.74) is 1.98. The van der Waals surface area contributed by atoms with Crippen LogP contribution in [0.4, 0.5) is 10.5 Å². The van der Waals surface area contributed by atoms with Gasteiger partial charge in [-0.05, 0) is 55.3 Å². The van der Waals surface area contributed by atoms with Gasteiger partial charge in [0.05, 0.1) is 31.0 Å². The quantitative estimate of drug-likeness (QED) is 0.588. The summed E-state index contributed by atoms with van der Waals surface area (Å²) in [6.45, 7) is 0.703. The monoisotopic (exact) mass is 431 g/mol. The molecule has 32 heavy (non-hydrogen) atoms. The van der Waals surface area contributed by atoms with Gasteiger partial charge in [0.1, 0.15) is 12.3 Å².